The lowest BCUT2D eigenvalue weighted by atomic mass is 10.1. The summed E-state index contributed by atoms with van der Waals surface area (Å²) in [5.41, 5.74) is -1.58. The van der Waals surface area contributed by atoms with Crippen LogP contribution in [0, 0.1) is 0 Å². The fourth-order valence-corrected chi connectivity index (χ4v) is 2.43. The zero-order chi connectivity index (χ0) is 20.8. The normalized spacial score (nSPS) is 12.0. The quantitative estimate of drug-likeness (QED) is 0.687. The number of methoxy groups -OCH3 is 1. The van der Waals surface area contributed by atoms with Gasteiger partial charge in [0, 0.05) is 12.7 Å². The Labute approximate surface area is 155 Å². The molecule has 27 heavy (non-hydrogen) atoms. The average molecular weight is 409 g/mol. The van der Waals surface area contributed by atoms with Crippen molar-refractivity contribution in [2.45, 2.75) is 19.1 Å². The van der Waals surface area contributed by atoms with Crippen molar-refractivity contribution in [3.8, 4) is 5.75 Å². The molecule has 0 aliphatic rings. The highest BCUT2D eigenvalue weighted by molar-refractivity contribution is 8.13. The van der Waals surface area contributed by atoms with Gasteiger partial charge in [0.15, 0.2) is 0 Å². The molecule has 0 heterocycles. The minimum atomic E-state index is -4.75. The Bertz CT molecular complexity index is 751. The molecular weight excluding hydrogens is 395 g/mol. The molecule has 2 N–H and O–H groups in total. The largest absolute Gasteiger partial charge is 0.480 e. The maximum Gasteiger partial charge on any atom is 0.416 e. The molecule has 0 aliphatic carbocycles. The van der Waals surface area contributed by atoms with Crippen molar-refractivity contribution >= 4 is 34.9 Å². The number of thioether (sulfide) groups is 1. The predicted molar refractivity (Wildman–Crippen MR) is 86.5 cm³/mol. The Morgan fingerprint density at radius 1 is 1.26 bits per heavy atom. The second kappa shape index (κ2) is 9.26. The van der Waals surface area contributed by atoms with Gasteiger partial charge in [0.25, 0.3) is 0 Å². The number of hydrogen-bond donors (Lipinski definition) is 2. The molecule has 0 fully saturated rings. The zero-order valence-corrected chi connectivity index (χ0v) is 14.8. The first kappa shape index (κ1) is 22.3. The van der Waals surface area contributed by atoms with Crippen molar-refractivity contribution < 1.29 is 46.9 Å². The third kappa shape index (κ3) is 6.81. The van der Waals surface area contributed by atoms with Crippen LogP contribution in [0.4, 0.5) is 18.0 Å². The van der Waals surface area contributed by atoms with Crippen LogP contribution in [0.5, 0.6) is 5.75 Å². The molecule has 12 heteroatoms. The van der Waals surface area contributed by atoms with Gasteiger partial charge in [-0.05, 0) is 30.0 Å². The Hall–Kier alpha value is -2.76. The third-order valence-electron chi connectivity index (χ3n) is 2.95. The summed E-state index contributed by atoms with van der Waals surface area (Å²) in [6, 6.07) is 0.446. The van der Waals surface area contributed by atoms with Crippen LogP contribution in [-0.2, 0) is 20.5 Å². The minimum Gasteiger partial charge on any atom is -0.480 e. The monoisotopic (exact) mass is 409 g/mol. The number of amides is 1. The van der Waals surface area contributed by atoms with Crippen LogP contribution in [0.25, 0.3) is 0 Å². The number of carbonyl (C=O) groups is 4. The molecule has 1 aromatic rings. The van der Waals surface area contributed by atoms with Gasteiger partial charge in [-0.25, -0.2) is 14.4 Å². The number of alkyl halides is 3. The zero-order valence-electron chi connectivity index (χ0n) is 14.0. The lowest BCUT2D eigenvalue weighted by Gasteiger charge is -2.14. The molecule has 1 atom stereocenters. The summed E-state index contributed by atoms with van der Waals surface area (Å²) in [5.74, 6) is -4.24. The first-order chi connectivity index (χ1) is 12.5. The van der Waals surface area contributed by atoms with Crippen LogP contribution in [0.15, 0.2) is 18.2 Å². The Balaban J connectivity index is 2.97. The number of benzene rings is 1. The van der Waals surface area contributed by atoms with E-state index in [4.69, 9.17) is 9.84 Å². The summed E-state index contributed by atoms with van der Waals surface area (Å²) in [6.07, 6.45) is -4.75. The number of ether oxygens (including phenoxy) is 2. The third-order valence-corrected chi connectivity index (χ3v) is 3.77. The number of carboxylic acid groups (broad SMARTS) is 1. The van der Waals surface area contributed by atoms with Crippen LogP contribution < -0.4 is 10.1 Å². The fraction of sp³-hybridized carbons (Fsp3) is 0.333. The fourth-order valence-electron chi connectivity index (χ4n) is 1.75. The molecule has 0 aromatic heterocycles. The molecule has 1 aromatic carbocycles. The molecular formula is C15H14F3NO7S. The molecule has 0 spiro atoms. The van der Waals surface area contributed by atoms with Gasteiger partial charge in [-0.3, -0.25) is 4.79 Å². The van der Waals surface area contributed by atoms with Gasteiger partial charge in [-0.2, -0.15) is 13.2 Å². The lowest BCUT2D eigenvalue weighted by molar-refractivity contribution is -0.140. The van der Waals surface area contributed by atoms with Gasteiger partial charge in [-0.15, -0.1) is 0 Å². The SMILES string of the molecule is COC(=O)c1ccc(C(F)(F)F)cc1OC(=O)SC[C@H](NC(C)=O)C(=O)O. The summed E-state index contributed by atoms with van der Waals surface area (Å²) in [4.78, 5) is 45.4. The molecule has 1 rings (SSSR count). The first-order valence-electron chi connectivity index (χ1n) is 7.09. The van der Waals surface area contributed by atoms with Crippen molar-refractivity contribution in [1.82, 2.24) is 5.32 Å². The smallest absolute Gasteiger partial charge is 0.416 e. The molecule has 0 saturated carbocycles. The number of rotatable bonds is 6. The van der Waals surface area contributed by atoms with E-state index in [9.17, 15) is 32.3 Å². The van der Waals surface area contributed by atoms with Crippen LogP contribution in [0.3, 0.4) is 0 Å². The Morgan fingerprint density at radius 2 is 1.89 bits per heavy atom. The number of esters is 1. The van der Waals surface area contributed by atoms with Gasteiger partial charge in [-0.1, -0.05) is 0 Å². The number of halogens is 3. The van der Waals surface area contributed by atoms with Gasteiger partial charge >= 0.3 is 23.4 Å². The number of aliphatic carboxylic acids is 1. The van der Waals surface area contributed by atoms with Gasteiger partial charge < -0.3 is 19.9 Å². The van der Waals surface area contributed by atoms with E-state index >= 15 is 0 Å². The van der Waals surface area contributed by atoms with E-state index in [1.807, 2.05) is 0 Å². The van der Waals surface area contributed by atoms with E-state index < -0.39 is 58.0 Å². The second-order valence-corrected chi connectivity index (χ2v) is 5.91. The first-order valence-corrected chi connectivity index (χ1v) is 8.08. The minimum absolute atomic E-state index is 0.301. The van der Waals surface area contributed by atoms with Crippen LogP contribution in [0.2, 0.25) is 0 Å². The van der Waals surface area contributed by atoms with Crippen molar-refractivity contribution in [3.05, 3.63) is 29.3 Å². The van der Waals surface area contributed by atoms with Gasteiger partial charge in [0.2, 0.25) is 5.91 Å². The van der Waals surface area contributed by atoms with E-state index in [1.165, 1.54) is 0 Å². The summed E-state index contributed by atoms with van der Waals surface area (Å²) in [7, 11) is 0.991. The molecule has 0 aliphatic heterocycles. The van der Waals surface area contributed by atoms with Gasteiger partial charge in [0.1, 0.15) is 17.4 Å². The van der Waals surface area contributed by atoms with Gasteiger partial charge in [0.05, 0.1) is 12.7 Å². The number of nitrogens with one attached hydrogen (secondary N) is 1. The highest BCUT2D eigenvalue weighted by Gasteiger charge is 2.32. The standard InChI is InChI=1S/C15H14F3NO7S/c1-7(20)19-10(12(21)22)6-27-14(24)26-11-5-8(15(16,17)18)3-4-9(11)13(23)25-2/h3-5,10H,6H2,1-2H3,(H,19,20)(H,21,22)/t10-/m0/s1. The molecule has 1 amide bonds. The van der Waals surface area contributed by atoms with E-state index in [2.05, 4.69) is 10.1 Å². The lowest BCUT2D eigenvalue weighted by Crippen LogP contribution is -2.41. The van der Waals surface area contributed by atoms with E-state index in [0.717, 1.165) is 20.1 Å². The van der Waals surface area contributed by atoms with E-state index in [1.54, 1.807) is 0 Å². The highest BCUT2D eigenvalue weighted by atomic mass is 32.2. The number of carboxylic acids is 1. The Kier molecular flexibility index (Phi) is 7.64. The average Bonchev–Trinajstić information content (AvgIpc) is 2.56. The van der Waals surface area contributed by atoms with Crippen LogP contribution in [-0.4, -0.2) is 47.2 Å². The van der Waals surface area contributed by atoms with E-state index in [0.29, 0.717) is 23.9 Å². The molecule has 0 saturated heterocycles. The van der Waals surface area contributed by atoms with Crippen LogP contribution >= 0.6 is 11.8 Å². The number of carbonyl (C=O) groups excluding carboxylic acids is 3. The highest BCUT2D eigenvalue weighted by Crippen LogP contribution is 2.34. The predicted octanol–water partition coefficient (Wildman–Crippen LogP) is 2.31. The molecule has 0 bridgehead atoms. The number of hydrogen-bond acceptors (Lipinski definition) is 7. The maximum absolute atomic E-state index is 12.8. The molecule has 0 radical (unpaired) electrons. The summed E-state index contributed by atoms with van der Waals surface area (Å²) >= 11 is 0.301. The summed E-state index contributed by atoms with van der Waals surface area (Å²) in [5, 5.41) is 9.84. The van der Waals surface area contributed by atoms with Crippen molar-refractivity contribution in [2.24, 2.45) is 0 Å². The maximum atomic E-state index is 12.8. The topological polar surface area (TPSA) is 119 Å². The molecule has 0 unspecified atom stereocenters. The van der Waals surface area contributed by atoms with Crippen molar-refractivity contribution in [2.75, 3.05) is 12.9 Å². The second-order valence-electron chi connectivity index (χ2n) is 4.95. The summed E-state index contributed by atoms with van der Waals surface area (Å²) < 4.78 is 47.6. The summed E-state index contributed by atoms with van der Waals surface area (Å²) in [6.45, 7) is 1.07. The Morgan fingerprint density at radius 3 is 2.37 bits per heavy atom. The van der Waals surface area contributed by atoms with Crippen molar-refractivity contribution in [3.63, 3.8) is 0 Å². The van der Waals surface area contributed by atoms with E-state index in [-0.39, 0.29) is 0 Å². The molecule has 8 nitrogen and oxygen atoms in total. The van der Waals surface area contributed by atoms with Crippen LogP contribution in [0.1, 0.15) is 22.8 Å². The molecule has 148 valence electrons. The van der Waals surface area contributed by atoms with Crippen molar-refractivity contribution in [1.29, 1.82) is 0 Å².